The van der Waals surface area contributed by atoms with Crippen LogP contribution < -0.4 is 0 Å². The predicted molar refractivity (Wildman–Crippen MR) is 82.5 cm³/mol. The van der Waals surface area contributed by atoms with Crippen LogP contribution in [0.5, 0.6) is 0 Å². The van der Waals surface area contributed by atoms with E-state index < -0.39 is 0 Å². The summed E-state index contributed by atoms with van der Waals surface area (Å²) in [5.74, 6) is 2.87. The van der Waals surface area contributed by atoms with E-state index in [1.807, 2.05) is 29.2 Å². The van der Waals surface area contributed by atoms with E-state index in [1.54, 1.807) is 0 Å². The number of aryl methyl sites for hydroxylation is 1. The number of rotatable bonds is 4. The van der Waals surface area contributed by atoms with Crippen molar-refractivity contribution in [2.75, 3.05) is 0 Å². The molecule has 0 amide bonds. The molecule has 0 saturated heterocycles. The van der Waals surface area contributed by atoms with Crippen molar-refractivity contribution in [1.82, 2.24) is 9.78 Å². The van der Waals surface area contributed by atoms with Crippen LogP contribution in [0.3, 0.4) is 0 Å². The lowest BCUT2D eigenvalue weighted by Gasteiger charge is -2.55. The Balaban J connectivity index is 1.52. The van der Waals surface area contributed by atoms with Gasteiger partial charge in [-0.3, -0.25) is 9.48 Å². The fourth-order valence-corrected chi connectivity index (χ4v) is 5.40. The molecule has 3 heteroatoms. The highest BCUT2D eigenvalue weighted by molar-refractivity contribution is 5.98. The molecule has 1 aromatic heterocycles. The summed E-state index contributed by atoms with van der Waals surface area (Å²) < 4.78 is 1.90. The van der Waals surface area contributed by atoms with Crippen molar-refractivity contribution in [2.24, 2.45) is 23.2 Å². The molecule has 0 aliphatic heterocycles. The highest BCUT2D eigenvalue weighted by atomic mass is 16.1. The maximum atomic E-state index is 12.8. The topological polar surface area (TPSA) is 34.9 Å². The van der Waals surface area contributed by atoms with Crippen LogP contribution in [0, 0.1) is 23.2 Å². The lowest BCUT2D eigenvalue weighted by molar-refractivity contribution is -0.138. The number of nitrogens with zero attached hydrogens (tertiary/aromatic N) is 2. The molecule has 0 radical (unpaired) electrons. The van der Waals surface area contributed by atoms with Gasteiger partial charge in [0.25, 0.3) is 0 Å². The maximum absolute atomic E-state index is 12.8. The minimum atomic E-state index is -0.00794. The average molecular weight is 284 g/mol. The maximum Gasteiger partial charge on any atom is 0.161 e. The van der Waals surface area contributed by atoms with Crippen LogP contribution in [0.1, 0.15) is 51.0 Å². The summed E-state index contributed by atoms with van der Waals surface area (Å²) in [5.41, 5.74) is 1.03. The first-order valence-electron chi connectivity index (χ1n) is 8.42. The Hall–Kier alpha value is -1.38. The number of hydrogen-bond acceptors (Lipinski definition) is 2. The Morgan fingerprint density at radius 2 is 1.90 bits per heavy atom. The summed E-state index contributed by atoms with van der Waals surface area (Å²) in [6.07, 6.45) is 15.3. The highest BCUT2D eigenvalue weighted by Gasteiger charge is 2.53. The Morgan fingerprint density at radius 1 is 1.29 bits per heavy atom. The molecule has 1 heterocycles. The normalized spacial score (nSPS) is 37.5. The third-order valence-electron chi connectivity index (χ3n) is 5.97. The summed E-state index contributed by atoms with van der Waals surface area (Å²) in [6, 6.07) is 0. The lowest BCUT2D eigenvalue weighted by atomic mass is 9.48. The Bertz CT molecular complexity index is 549. The quantitative estimate of drug-likeness (QED) is 0.790. The molecule has 4 saturated carbocycles. The van der Waals surface area contributed by atoms with E-state index in [1.165, 1.54) is 19.3 Å². The van der Waals surface area contributed by atoms with E-state index in [-0.39, 0.29) is 5.41 Å². The second-order valence-corrected chi connectivity index (χ2v) is 7.52. The van der Waals surface area contributed by atoms with E-state index in [0.29, 0.717) is 5.78 Å². The van der Waals surface area contributed by atoms with Crippen molar-refractivity contribution in [3.05, 3.63) is 24.0 Å². The van der Waals surface area contributed by atoms with Gasteiger partial charge in [0.2, 0.25) is 0 Å². The number of allylic oxidation sites excluding steroid dienone is 1. The largest absolute Gasteiger partial charge is 0.294 e. The van der Waals surface area contributed by atoms with Crippen molar-refractivity contribution in [2.45, 2.75) is 52.0 Å². The van der Waals surface area contributed by atoms with Crippen LogP contribution in [0.2, 0.25) is 0 Å². The molecule has 21 heavy (non-hydrogen) atoms. The van der Waals surface area contributed by atoms with Gasteiger partial charge in [0.1, 0.15) is 0 Å². The van der Waals surface area contributed by atoms with Crippen molar-refractivity contribution in [1.29, 1.82) is 0 Å². The minimum absolute atomic E-state index is 0.00794. The Labute approximate surface area is 126 Å². The molecule has 5 rings (SSSR count). The van der Waals surface area contributed by atoms with E-state index in [4.69, 9.17) is 0 Å². The first kappa shape index (κ1) is 13.3. The van der Waals surface area contributed by atoms with Crippen molar-refractivity contribution < 1.29 is 4.79 Å². The van der Waals surface area contributed by atoms with Gasteiger partial charge in [-0.25, -0.2) is 0 Å². The van der Waals surface area contributed by atoms with Crippen LogP contribution in [0.15, 0.2) is 18.5 Å². The smallest absolute Gasteiger partial charge is 0.161 e. The molecular formula is C18H24N2O. The van der Waals surface area contributed by atoms with Gasteiger partial charge in [0.15, 0.2) is 5.78 Å². The third kappa shape index (κ3) is 2.27. The monoisotopic (exact) mass is 284 g/mol. The zero-order valence-electron chi connectivity index (χ0n) is 12.8. The molecule has 0 atom stereocenters. The molecule has 0 N–H and O–H groups in total. The second-order valence-electron chi connectivity index (χ2n) is 7.52. The Kier molecular flexibility index (Phi) is 3.05. The number of carbonyl (C=O) groups excluding carboxylic acids is 1. The third-order valence-corrected chi connectivity index (χ3v) is 5.97. The number of aromatic nitrogens is 2. The molecule has 0 unspecified atom stereocenters. The molecule has 4 bridgehead atoms. The molecule has 4 aliphatic carbocycles. The fraction of sp³-hybridized carbons (Fsp3) is 0.667. The molecule has 112 valence electrons. The summed E-state index contributed by atoms with van der Waals surface area (Å²) in [6.45, 7) is 2.94. The molecule has 0 aromatic carbocycles. The van der Waals surface area contributed by atoms with Crippen LogP contribution in [-0.2, 0) is 11.3 Å². The first-order chi connectivity index (χ1) is 10.2. The van der Waals surface area contributed by atoms with Gasteiger partial charge < -0.3 is 0 Å². The van der Waals surface area contributed by atoms with E-state index >= 15 is 0 Å². The zero-order valence-corrected chi connectivity index (χ0v) is 12.8. The molecule has 4 fully saturated rings. The summed E-state index contributed by atoms with van der Waals surface area (Å²) in [5, 5.41) is 4.26. The fourth-order valence-electron chi connectivity index (χ4n) is 5.40. The summed E-state index contributed by atoms with van der Waals surface area (Å²) in [4.78, 5) is 12.8. The minimum Gasteiger partial charge on any atom is -0.294 e. The standard InChI is InChI=1S/C18H24N2O/c1-2-20-12-13(11-19-20)3-4-17(21)18-8-14-5-15(9-18)7-16(6-14)10-18/h3-4,11-12,14-16H,2,5-10H2,1H3. The molecule has 1 aromatic rings. The van der Waals surface area contributed by atoms with Crippen LogP contribution in [-0.4, -0.2) is 15.6 Å². The van der Waals surface area contributed by atoms with E-state index in [0.717, 1.165) is 49.1 Å². The van der Waals surface area contributed by atoms with Gasteiger partial charge in [-0.15, -0.1) is 0 Å². The number of carbonyl (C=O) groups is 1. The van der Waals surface area contributed by atoms with Gasteiger partial charge in [-0.05, 0) is 75.4 Å². The van der Waals surface area contributed by atoms with Gasteiger partial charge >= 0.3 is 0 Å². The molecule has 4 aliphatic rings. The zero-order chi connectivity index (χ0) is 14.4. The van der Waals surface area contributed by atoms with Gasteiger partial charge in [-0.1, -0.05) is 0 Å². The highest BCUT2D eigenvalue weighted by Crippen LogP contribution is 2.60. The van der Waals surface area contributed by atoms with E-state index in [2.05, 4.69) is 12.0 Å². The van der Waals surface area contributed by atoms with Crippen molar-refractivity contribution in [3.63, 3.8) is 0 Å². The summed E-state index contributed by atoms with van der Waals surface area (Å²) in [7, 11) is 0. The second kappa shape index (κ2) is 4.82. The van der Waals surface area contributed by atoms with Gasteiger partial charge in [0, 0.05) is 23.7 Å². The van der Waals surface area contributed by atoms with Crippen LogP contribution in [0.4, 0.5) is 0 Å². The van der Waals surface area contributed by atoms with Crippen LogP contribution in [0.25, 0.3) is 6.08 Å². The average Bonchev–Trinajstić information content (AvgIpc) is 2.91. The first-order valence-corrected chi connectivity index (χ1v) is 8.42. The Morgan fingerprint density at radius 3 is 2.43 bits per heavy atom. The van der Waals surface area contributed by atoms with E-state index in [9.17, 15) is 4.79 Å². The summed E-state index contributed by atoms with van der Waals surface area (Å²) >= 11 is 0. The van der Waals surface area contributed by atoms with Crippen molar-refractivity contribution in [3.8, 4) is 0 Å². The predicted octanol–water partition coefficient (Wildman–Crippen LogP) is 3.70. The van der Waals surface area contributed by atoms with Gasteiger partial charge in [0.05, 0.1) is 6.20 Å². The SMILES string of the molecule is CCn1cc(C=CC(=O)C23CC4CC(CC(C4)C2)C3)cn1. The number of ketones is 1. The van der Waals surface area contributed by atoms with Crippen molar-refractivity contribution >= 4 is 11.9 Å². The van der Waals surface area contributed by atoms with Gasteiger partial charge in [-0.2, -0.15) is 5.10 Å². The molecule has 0 spiro atoms. The lowest BCUT2D eigenvalue weighted by Crippen LogP contribution is -2.49. The molecular weight excluding hydrogens is 260 g/mol. The molecule has 3 nitrogen and oxygen atoms in total. The number of hydrogen-bond donors (Lipinski definition) is 0. The van der Waals surface area contributed by atoms with Crippen LogP contribution >= 0.6 is 0 Å².